The van der Waals surface area contributed by atoms with E-state index in [0.29, 0.717) is 6.42 Å². The van der Waals surface area contributed by atoms with Crippen LogP contribution in [0.1, 0.15) is 13.3 Å². The van der Waals surface area contributed by atoms with Gasteiger partial charge in [-0.2, -0.15) is 0 Å². The van der Waals surface area contributed by atoms with Crippen LogP contribution in [0.4, 0.5) is 0 Å². The molecule has 0 radical (unpaired) electrons. The van der Waals surface area contributed by atoms with Gasteiger partial charge in [0.2, 0.25) is 0 Å². The molecule has 0 amide bonds. The summed E-state index contributed by atoms with van der Waals surface area (Å²) in [6.45, 7) is 5.30. The van der Waals surface area contributed by atoms with E-state index in [0.717, 1.165) is 0 Å². The number of hydrogen-bond donors (Lipinski definition) is 0. The van der Waals surface area contributed by atoms with E-state index in [9.17, 15) is 4.79 Å². The molecular weight excluding hydrogens is 116 g/mol. The van der Waals surface area contributed by atoms with Crippen LogP contribution in [0.5, 0.6) is 0 Å². The minimum absolute atomic E-state index is 0.0347. The van der Waals surface area contributed by atoms with Crippen LogP contribution in [-0.4, -0.2) is 18.0 Å². The lowest BCUT2D eigenvalue weighted by molar-refractivity contribution is -0.121. The molecule has 50 valence electrons. The third-order valence-electron chi connectivity index (χ3n) is 1.50. The largest absolute Gasteiger partial charge is 0.363 e. The fourth-order valence-corrected chi connectivity index (χ4v) is 0.889. The van der Waals surface area contributed by atoms with Crippen LogP contribution in [0.2, 0.25) is 0 Å². The van der Waals surface area contributed by atoms with Crippen molar-refractivity contribution in [3.05, 3.63) is 12.7 Å². The molecule has 2 nitrogen and oxygen atoms in total. The fraction of sp³-hybridized carbons (Fsp3) is 0.571. The first-order valence-corrected chi connectivity index (χ1v) is 3.04. The molecule has 1 heterocycles. The highest BCUT2D eigenvalue weighted by atomic mass is 16.5. The topological polar surface area (TPSA) is 26.3 Å². The summed E-state index contributed by atoms with van der Waals surface area (Å²) in [5, 5.41) is 0. The van der Waals surface area contributed by atoms with Crippen LogP contribution in [-0.2, 0) is 9.53 Å². The van der Waals surface area contributed by atoms with E-state index in [1.807, 2.05) is 0 Å². The van der Waals surface area contributed by atoms with Gasteiger partial charge in [-0.25, -0.2) is 0 Å². The van der Waals surface area contributed by atoms with E-state index in [2.05, 4.69) is 6.58 Å². The lowest BCUT2D eigenvalue weighted by Gasteiger charge is -2.01. The number of hydrogen-bond acceptors (Lipinski definition) is 2. The molecule has 0 aromatic rings. The van der Waals surface area contributed by atoms with Crippen LogP contribution >= 0.6 is 0 Å². The summed E-state index contributed by atoms with van der Waals surface area (Å²) < 4.78 is 5.16. The third kappa shape index (κ3) is 1.19. The summed E-state index contributed by atoms with van der Waals surface area (Å²) in [4.78, 5) is 10.8. The summed E-state index contributed by atoms with van der Waals surface area (Å²) in [6.07, 6.45) is 1.92. The molecule has 2 unspecified atom stereocenters. The van der Waals surface area contributed by atoms with Gasteiger partial charge in [0.15, 0.2) is 5.78 Å². The first kappa shape index (κ1) is 6.49. The maximum atomic E-state index is 10.8. The second-order valence-electron chi connectivity index (χ2n) is 2.22. The number of ether oxygens (including phenoxy) is 1. The van der Waals surface area contributed by atoms with E-state index < -0.39 is 0 Å². The Morgan fingerprint density at radius 3 is 2.78 bits per heavy atom. The summed E-state index contributed by atoms with van der Waals surface area (Å²) in [5.74, 6) is 0.180. The zero-order valence-corrected chi connectivity index (χ0v) is 5.46. The average Bonchev–Trinajstić information content (AvgIpc) is 2.13. The molecule has 0 spiro atoms. The smallest absolute Gasteiger partial charge is 0.164 e. The van der Waals surface area contributed by atoms with Crippen LogP contribution in [0.25, 0.3) is 0 Å². The molecule has 1 saturated heterocycles. The molecule has 9 heavy (non-hydrogen) atoms. The molecular formula is C7H10O2. The molecule has 1 aliphatic heterocycles. The van der Waals surface area contributed by atoms with Gasteiger partial charge in [0.05, 0.1) is 6.10 Å². The Labute approximate surface area is 54.5 Å². The molecule has 0 saturated carbocycles. The number of rotatable bonds is 1. The first-order chi connectivity index (χ1) is 4.24. The Hall–Kier alpha value is -0.630. The highest BCUT2D eigenvalue weighted by molar-refractivity contribution is 5.85. The summed E-state index contributed by atoms with van der Waals surface area (Å²) >= 11 is 0. The molecule has 1 aliphatic rings. The van der Waals surface area contributed by atoms with E-state index >= 15 is 0 Å². The van der Waals surface area contributed by atoms with Gasteiger partial charge in [0.1, 0.15) is 6.10 Å². The maximum Gasteiger partial charge on any atom is 0.164 e. The Morgan fingerprint density at radius 2 is 2.56 bits per heavy atom. The van der Waals surface area contributed by atoms with Crippen molar-refractivity contribution < 1.29 is 9.53 Å². The quantitative estimate of drug-likeness (QED) is 0.488. The molecule has 0 aliphatic carbocycles. The maximum absolute atomic E-state index is 10.8. The third-order valence-corrected chi connectivity index (χ3v) is 1.50. The van der Waals surface area contributed by atoms with Crippen molar-refractivity contribution in [2.45, 2.75) is 25.6 Å². The number of ketones is 1. The van der Waals surface area contributed by atoms with Crippen molar-refractivity contribution in [1.29, 1.82) is 0 Å². The summed E-state index contributed by atoms with van der Waals surface area (Å²) in [7, 11) is 0. The monoisotopic (exact) mass is 126 g/mol. The lowest BCUT2D eigenvalue weighted by atomic mass is 10.2. The minimum atomic E-state index is -0.215. The predicted molar refractivity (Wildman–Crippen MR) is 34.2 cm³/mol. The predicted octanol–water partition coefficient (Wildman–Crippen LogP) is 0.919. The zero-order chi connectivity index (χ0) is 6.85. The minimum Gasteiger partial charge on any atom is -0.363 e. The van der Waals surface area contributed by atoms with Crippen molar-refractivity contribution in [3.8, 4) is 0 Å². The van der Waals surface area contributed by atoms with Gasteiger partial charge in [0, 0.05) is 6.42 Å². The molecule has 0 N–H and O–H groups in total. The van der Waals surface area contributed by atoms with Crippen LogP contribution in [0, 0.1) is 0 Å². The molecule has 1 rings (SSSR count). The second-order valence-corrected chi connectivity index (χ2v) is 2.22. The number of carbonyl (C=O) groups is 1. The Kier molecular flexibility index (Phi) is 1.67. The Morgan fingerprint density at radius 1 is 1.89 bits per heavy atom. The van der Waals surface area contributed by atoms with Crippen molar-refractivity contribution in [3.63, 3.8) is 0 Å². The highest BCUT2D eigenvalue weighted by Gasteiger charge is 2.27. The SMILES string of the molecule is C=CC1CC(=O)C(C)O1. The van der Waals surface area contributed by atoms with Crippen LogP contribution in [0.15, 0.2) is 12.7 Å². The lowest BCUT2D eigenvalue weighted by Crippen LogP contribution is -2.09. The first-order valence-electron chi connectivity index (χ1n) is 3.04. The van der Waals surface area contributed by atoms with Crippen molar-refractivity contribution >= 4 is 5.78 Å². The van der Waals surface area contributed by atoms with Gasteiger partial charge in [-0.3, -0.25) is 4.79 Å². The van der Waals surface area contributed by atoms with Crippen molar-refractivity contribution in [1.82, 2.24) is 0 Å². The molecule has 0 aromatic heterocycles. The van der Waals surface area contributed by atoms with Gasteiger partial charge >= 0.3 is 0 Å². The van der Waals surface area contributed by atoms with Gasteiger partial charge < -0.3 is 4.74 Å². The van der Waals surface area contributed by atoms with Crippen LogP contribution in [0.3, 0.4) is 0 Å². The number of carbonyl (C=O) groups excluding carboxylic acids is 1. The number of Topliss-reactive ketones (excluding diaryl/α,β-unsaturated/α-hetero) is 1. The van der Waals surface area contributed by atoms with Crippen LogP contribution < -0.4 is 0 Å². The van der Waals surface area contributed by atoms with E-state index in [1.165, 1.54) is 0 Å². The second kappa shape index (κ2) is 2.31. The van der Waals surface area contributed by atoms with E-state index in [1.54, 1.807) is 13.0 Å². The summed E-state index contributed by atoms with van der Waals surface area (Å²) in [6, 6.07) is 0. The Balaban J connectivity index is 2.53. The normalized spacial score (nSPS) is 35.0. The molecule has 2 heteroatoms. The summed E-state index contributed by atoms with van der Waals surface area (Å²) in [5.41, 5.74) is 0. The van der Waals surface area contributed by atoms with Gasteiger partial charge in [0.25, 0.3) is 0 Å². The standard InChI is InChI=1S/C7H10O2/c1-3-6-4-7(8)5(2)9-6/h3,5-6H,1,4H2,2H3. The van der Waals surface area contributed by atoms with Gasteiger partial charge in [-0.15, -0.1) is 6.58 Å². The zero-order valence-electron chi connectivity index (χ0n) is 5.46. The molecule has 0 aromatic carbocycles. The molecule has 2 atom stereocenters. The van der Waals surface area contributed by atoms with Gasteiger partial charge in [-0.1, -0.05) is 6.08 Å². The van der Waals surface area contributed by atoms with Gasteiger partial charge in [-0.05, 0) is 6.92 Å². The van der Waals surface area contributed by atoms with E-state index in [-0.39, 0.29) is 18.0 Å². The Bertz CT molecular complexity index is 140. The highest BCUT2D eigenvalue weighted by Crippen LogP contribution is 2.15. The molecule has 0 bridgehead atoms. The average molecular weight is 126 g/mol. The fourth-order valence-electron chi connectivity index (χ4n) is 0.889. The van der Waals surface area contributed by atoms with Crippen molar-refractivity contribution in [2.75, 3.05) is 0 Å². The van der Waals surface area contributed by atoms with Crippen molar-refractivity contribution in [2.24, 2.45) is 0 Å². The van der Waals surface area contributed by atoms with E-state index in [4.69, 9.17) is 4.74 Å². The molecule has 1 fully saturated rings.